The van der Waals surface area contributed by atoms with E-state index in [9.17, 15) is 0 Å². The van der Waals surface area contributed by atoms with Crippen LogP contribution in [0.3, 0.4) is 0 Å². The van der Waals surface area contributed by atoms with Crippen LogP contribution >= 0.6 is 0 Å². The molecule has 0 nitrogen and oxygen atoms in total. The molecule has 4 aliphatic rings. The summed E-state index contributed by atoms with van der Waals surface area (Å²) in [6, 6.07) is 0. The topological polar surface area (TPSA) is 0 Å². The maximum Gasteiger partial charge on any atom is -0.0352 e. The van der Waals surface area contributed by atoms with E-state index in [1.165, 1.54) is 23.7 Å². The van der Waals surface area contributed by atoms with Crippen LogP contribution in [0.5, 0.6) is 0 Å². The molecule has 0 radical (unpaired) electrons. The van der Waals surface area contributed by atoms with Gasteiger partial charge < -0.3 is 0 Å². The molecule has 56 valence electrons. The average Bonchev–Trinajstić information content (AvgIpc) is 2.72. The van der Waals surface area contributed by atoms with Gasteiger partial charge >= 0.3 is 0 Å². The first-order valence-electron chi connectivity index (χ1n) is 4.95. The highest BCUT2D eigenvalue weighted by atomic mass is 14.6. The van der Waals surface area contributed by atoms with Gasteiger partial charge in [-0.05, 0) is 42.9 Å². The molecule has 0 heterocycles. The summed E-state index contributed by atoms with van der Waals surface area (Å²) in [5, 5.41) is 0. The zero-order chi connectivity index (χ0) is 6.55. The zero-order valence-electron chi connectivity index (χ0n) is 6.55. The summed E-state index contributed by atoms with van der Waals surface area (Å²) in [5.74, 6) is 4.81. The smallest absolute Gasteiger partial charge is 0.0352 e. The fourth-order valence-electron chi connectivity index (χ4n) is 3.54. The normalized spacial score (nSPS) is 57.6. The largest absolute Gasteiger partial charge is 0.0528 e. The van der Waals surface area contributed by atoms with Crippen LogP contribution in [0.2, 0.25) is 0 Å². The minimum absolute atomic E-state index is 1.18. The molecular weight excluding hydrogens is 120 g/mol. The second-order valence-corrected chi connectivity index (χ2v) is 4.59. The number of hydrogen-bond donors (Lipinski definition) is 0. The van der Waals surface area contributed by atoms with Crippen molar-refractivity contribution < 1.29 is 0 Å². The molecule has 4 saturated carbocycles. The maximum absolute atomic E-state index is 1.62. The standard InChI is InChI=1S/C10H16/c1-2-7-4-5-8(3-1)10-6-9(7)10/h7-10H,1-6H2. The maximum atomic E-state index is 1.62. The second kappa shape index (κ2) is 1.78. The van der Waals surface area contributed by atoms with Gasteiger partial charge in [0.2, 0.25) is 0 Å². The van der Waals surface area contributed by atoms with E-state index in [1.807, 2.05) is 0 Å². The van der Waals surface area contributed by atoms with Crippen LogP contribution in [0.1, 0.15) is 38.5 Å². The Balaban J connectivity index is 1.90. The Morgan fingerprint density at radius 1 is 0.700 bits per heavy atom. The lowest BCUT2D eigenvalue weighted by atomic mass is 9.84. The van der Waals surface area contributed by atoms with Gasteiger partial charge in [0.15, 0.2) is 0 Å². The van der Waals surface area contributed by atoms with Crippen molar-refractivity contribution in [2.24, 2.45) is 23.7 Å². The Kier molecular flexibility index (Phi) is 1.00. The number of rotatable bonds is 0. The van der Waals surface area contributed by atoms with E-state index >= 15 is 0 Å². The third kappa shape index (κ3) is 0.627. The van der Waals surface area contributed by atoms with Gasteiger partial charge in [-0.1, -0.05) is 19.3 Å². The molecule has 10 heavy (non-hydrogen) atoms. The molecule has 4 atom stereocenters. The minimum atomic E-state index is 1.18. The van der Waals surface area contributed by atoms with Crippen molar-refractivity contribution >= 4 is 0 Å². The summed E-state index contributed by atoms with van der Waals surface area (Å²) in [7, 11) is 0. The zero-order valence-corrected chi connectivity index (χ0v) is 6.55. The minimum Gasteiger partial charge on any atom is -0.0528 e. The van der Waals surface area contributed by atoms with E-state index in [2.05, 4.69) is 0 Å². The van der Waals surface area contributed by atoms with Gasteiger partial charge in [0.05, 0.1) is 0 Å². The molecule has 0 heteroatoms. The summed E-state index contributed by atoms with van der Waals surface area (Å²) in [6.45, 7) is 0. The lowest BCUT2D eigenvalue weighted by Gasteiger charge is -2.21. The van der Waals surface area contributed by atoms with Gasteiger partial charge in [0.25, 0.3) is 0 Å². The molecule has 0 aromatic heterocycles. The van der Waals surface area contributed by atoms with Gasteiger partial charge in [-0.3, -0.25) is 0 Å². The van der Waals surface area contributed by atoms with Crippen LogP contribution in [0.4, 0.5) is 0 Å². The summed E-state index contributed by atoms with van der Waals surface area (Å²) < 4.78 is 0. The van der Waals surface area contributed by atoms with E-state index in [0.717, 1.165) is 0 Å². The molecule has 0 aliphatic heterocycles. The van der Waals surface area contributed by atoms with Crippen LogP contribution in [0, 0.1) is 23.7 Å². The highest BCUT2D eigenvalue weighted by Crippen LogP contribution is 2.60. The van der Waals surface area contributed by atoms with Crippen molar-refractivity contribution in [3.05, 3.63) is 0 Å². The number of fused-ring (bicyclic) bond motifs is 3. The van der Waals surface area contributed by atoms with Gasteiger partial charge in [-0.15, -0.1) is 0 Å². The molecule has 4 fully saturated rings. The Labute approximate surface area is 63.0 Å². The van der Waals surface area contributed by atoms with E-state index < -0.39 is 0 Å². The molecule has 4 rings (SSSR count). The first-order chi connectivity index (χ1) is 4.95. The Hall–Kier alpha value is 0. The van der Waals surface area contributed by atoms with E-state index in [4.69, 9.17) is 0 Å². The molecule has 4 aliphatic carbocycles. The SMILES string of the molecule is C1CC2CCC(C1)C1CC21. The predicted octanol–water partition coefficient (Wildman–Crippen LogP) is 2.83. The molecule has 0 N–H and O–H groups in total. The molecule has 0 spiro atoms. The first kappa shape index (κ1) is 5.62. The quantitative estimate of drug-likeness (QED) is 0.480. The summed E-state index contributed by atoms with van der Waals surface area (Å²) in [5.41, 5.74) is 0. The fourth-order valence-corrected chi connectivity index (χ4v) is 3.54. The molecule has 2 bridgehead atoms. The third-order valence-electron chi connectivity index (χ3n) is 4.16. The van der Waals surface area contributed by atoms with Gasteiger partial charge in [0.1, 0.15) is 0 Å². The van der Waals surface area contributed by atoms with E-state index in [-0.39, 0.29) is 0 Å². The molecule has 0 aromatic rings. The van der Waals surface area contributed by atoms with Gasteiger partial charge in [-0.25, -0.2) is 0 Å². The fraction of sp³-hybridized carbons (Fsp3) is 1.00. The highest BCUT2D eigenvalue weighted by Gasteiger charge is 2.51. The molecule has 0 saturated heterocycles. The van der Waals surface area contributed by atoms with Crippen LogP contribution in [-0.4, -0.2) is 0 Å². The van der Waals surface area contributed by atoms with Crippen molar-refractivity contribution in [3.8, 4) is 0 Å². The van der Waals surface area contributed by atoms with Crippen molar-refractivity contribution in [1.29, 1.82) is 0 Å². The lowest BCUT2D eigenvalue weighted by molar-refractivity contribution is 0.288. The Morgan fingerprint density at radius 3 is 1.90 bits per heavy atom. The first-order valence-corrected chi connectivity index (χ1v) is 4.95. The van der Waals surface area contributed by atoms with Crippen LogP contribution < -0.4 is 0 Å². The molecule has 0 amide bonds. The van der Waals surface area contributed by atoms with Crippen LogP contribution in [-0.2, 0) is 0 Å². The monoisotopic (exact) mass is 136 g/mol. The molecular formula is C10H16. The van der Waals surface area contributed by atoms with Crippen LogP contribution in [0.15, 0.2) is 0 Å². The van der Waals surface area contributed by atoms with Crippen molar-refractivity contribution in [2.45, 2.75) is 38.5 Å². The predicted molar refractivity (Wildman–Crippen MR) is 41.7 cm³/mol. The third-order valence-corrected chi connectivity index (χ3v) is 4.16. The van der Waals surface area contributed by atoms with E-state index in [1.54, 1.807) is 38.5 Å². The molecule has 4 unspecified atom stereocenters. The van der Waals surface area contributed by atoms with Gasteiger partial charge in [-0.2, -0.15) is 0 Å². The van der Waals surface area contributed by atoms with Crippen molar-refractivity contribution in [2.75, 3.05) is 0 Å². The Bertz CT molecular complexity index is 130. The van der Waals surface area contributed by atoms with Crippen molar-refractivity contribution in [3.63, 3.8) is 0 Å². The summed E-state index contributed by atoms with van der Waals surface area (Å²) >= 11 is 0. The molecule has 0 aromatic carbocycles. The van der Waals surface area contributed by atoms with Gasteiger partial charge in [0, 0.05) is 0 Å². The number of hydrogen-bond acceptors (Lipinski definition) is 0. The van der Waals surface area contributed by atoms with E-state index in [0.29, 0.717) is 0 Å². The Morgan fingerprint density at radius 2 is 1.30 bits per heavy atom. The van der Waals surface area contributed by atoms with Crippen LogP contribution in [0.25, 0.3) is 0 Å². The summed E-state index contributed by atoms with van der Waals surface area (Å²) in [4.78, 5) is 0. The van der Waals surface area contributed by atoms with Crippen molar-refractivity contribution in [1.82, 2.24) is 0 Å². The highest BCUT2D eigenvalue weighted by molar-refractivity contribution is 5.00. The second-order valence-electron chi connectivity index (χ2n) is 4.59. The summed E-state index contributed by atoms with van der Waals surface area (Å²) in [6.07, 6.45) is 9.52. The lowest BCUT2D eigenvalue weighted by Crippen LogP contribution is -2.12. The average molecular weight is 136 g/mol.